The van der Waals surface area contributed by atoms with Gasteiger partial charge in [0.2, 0.25) is 0 Å². The molecule has 0 aromatic heterocycles. The number of hydrogen-bond donors (Lipinski definition) is 1. The molecule has 86 valence electrons. The molecule has 0 amide bonds. The van der Waals surface area contributed by atoms with Crippen LogP contribution in [-0.4, -0.2) is 37.1 Å². The van der Waals surface area contributed by atoms with Crippen molar-refractivity contribution >= 4 is 11.6 Å². The highest BCUT2D eigenvalue weighted by atomic mass is 35.5. The average Bonchev–Trinajstić information content (AvgIpc) is 3.01. The first-order valence-corrected chi connectivity index (χ1v) is 6.41. The average molecular weight is 229 g/mol. The Morgan fingerprint density at radius 1 is 1.40 bits per heavy atom. The molecule has 1 heterocycles. The van der Waals surface area contributed by atoms with Crippen LogP contribution < -0.4 is 5.32 Å². The summed E-state index contributed by atoms with van der Waals surface area (Å²) >= 11 is 5.91. The van der Waals surface area contributed by atoms with Crippen LogP contribution in [0.5, 0.6) is 0 Å². The third-order valence-corrected chi connectivity index (χ3v) is 3.45. The maximum absolute atomic E-state index is 5.91. The lowest BCUT2D eigenvalue weighted by atomic mass is 9.99. The van der Waals surface area contributed by atoms with E-state index in [0.29, 0.717) is 0 Å². The summed E-state index contributed by atoms with van der Waals surface area (Å²) in [5, 5.41) is 4.25. The fourth-order valence-corrected chi connectivity index (χ4v) is 2.57. The Kier molecular flexibility index (Phi) is 4.06. The van der Waals surface area contributed by atoms with Crippen LogP contribution in [0.4, 0.5) is 0 Å². The summed E-state index contributed by atoms with van der Waals surface area (Å²) in [6.07, 6.45) is 5.39. The van der Waals surface area contributed by atoms with Gasteiger partial charge in [0.05, 0.1) is 0 Å². The van der Waals surface area contributed by atoms with Crippen molar-refractivity contribution in [2.45, 2.75) is 31.7 Å². The number of hydrogen-bond acceptors (Lipinski definition) is 2. The van der Waals surface area contributed by atoms with Gasteiger partial charge in [0.15, 0.2) is 0 Å². The zero-order chi connectivity index (χ0) is 10.7. The van der Waals surface area contributed by atoms with E-state index in [0.717, 1.165) is 23.5 Å². The minimum atomic E-state index is 0.783. The Morgan fingerprint density at radius 3 is 2.73 bits per heavy atom. The molecule has 2 nitrogen and oxygen atoms in total. The minimum Gasteiger partial charge on any atom is -0.316 e. The molecule has 1 atom stereocenters. The van der Waals surface area contributed by atoms with Crippen molar-refractivity contribution < 1.29 is 0 Å². The first-order valence-electron chi connectivity index (χ1n) is 6.04. The summed E-state index contributed by atoms with van der Waals surface area (Å²) in [6, 6.07) is 0.794. The SMILES string of the molecule is C=C(Cl)CN(CC1CCCNC1)C1CC1. The lowest BCUT2D eigenvalue weighted by Crippen LogP contribution is -2.39. The highest BCUT2D eigenvalue weighted by Gasteiger charge is 2.30. The van der Waals surface area contributed by atoms with E-state index in [1.54, 1.807) is 0 Å². The van der Waals surface area contributed by atoms with E-state index in [1.807, 2.05) is 0 Å². The monoisotopic (exact) mass is 228 g/mol. The van der Waals surface area contributed by atoms with Gasteiger partial charge in [0.1, 0.15) is 0 Å². The Balaban J connectivity index is 1.79. The van der Waals surface area contributed by atoms with Crippen molar-refractivity contribution in [2.75, 3.05) is 26.2 Å². The fourth-order valence-electron chi connectivity index (χ4n) is 2.41. The standard InChI is InChI=1S/C12H21ClN2/c1-10(13)8-15(12-4-5-12)9-11-3-2-6-14-7-11/h11-12,14H,1-9H2. The molecule has 1 aliphatic carbocycles. The normalized spacial score (nSPS) is 26.9. The molecule has 1 aliphatic heterocycles. The minimum absolute atomic E-state index is 0.783. The number of piperidine rings is 1. The molecule has 2 aliphatic rings. The van der Waals surface area contributed by atoms with Crippen LogP contribution in [0.15, 0.2) is 11.6 Å². The van der Waals surface area contributed by atoms with Gasteiger partial charge in [-0.2, -0.15) is 0 Å². The quantitative estimate of drug-likeness (QED) is 0.776. The number of halogens is 1. The van der Waals surface area contributed by atoms with Crippen LogP contribution >= 0.6 is 11.6 Å². The van der Waals surface area contributed by atoms with Crippen LogP contribution in [0.25, 0.3) is 0 Å². The molecule has 1 saturated heterocycles. The molecule has 1 saturated carbocycles. The number of nitrogens with zero attached hydrogens (tertiary/aromatic N) is 1. The summed E-state index contributed by atoms with van der Waals surface area (Å²) < 4.78 is 0. The predicted octanol–water partition coefficient (Wildman–Crippen LogP) is 2.20. The maximum Gasteiger partial charge on any atom is 0.0338 e. The molecule has 0 bridgehead atoms. The first-order chi connectivity index (χ1) is 7.25. The van der Waals surface area contributed by atoms with Crippen molar-refractivity contribution in [3.8, 4) is 0 Å². The van der Waals surface area contributed by atoms with E-state index in [4.69, 9.17) is 11.6 Å². The zero-order valence-corrected chi connectivity index (χ0v) is 10.1. The summed E-state index contributed by atoms with van der Waals surface area (Å²) in [4.78, 5) is 2.52. The van der Waals surface area contributed by atoms with E-state index in [9.17, 15) is 0 Å². The van der Waals surface area contributed by atoms with Gasteiger partial charge in [-0.1, -0.05) is 18.2 Å². The van der Waals surface area contributed by atoms with E-state index >= 15 is 0 Å². The van der Waals surface area contributed by atoms with Crippen molar-refractivity contribution in [2.24, 2.45) is 5.92 Å². The van der Waals surface area contributed by atoms with Crippen molar-refractivity contribution in [3.63, 3.8) is 0 Å². The summed E-state index contributed by atoms with van der Waals surface area (Å²) in [7, 11) is 0. The molecule has 0 spiro atoms. The fraction of sp³-hybridized carbons (Fsp3) is 0.833. The molecule has 0 aromatic carbocycles. The lowest BCUT2D eigenvalue weighted by molar-refractivity contribution is 0.216. The molecular weight excluding hydrogens is 208 g/mol. The van der Waals surface area contributed by atoms with Gasteiger partial charge in [-0.25, -0.2) is 0 Å². The van der Waals surface area contributed by atoms with Gasteiger partial charge in [0, 0.05) is 24.2 Å². The van der Waals surface area contributed by atoms with E-state index in [1.165, 1.54) is 45.3 Å². The smallest absolute Gasteiger partial charge is 0.0338 e. The molecular formula is C12H21ClN2. The Hall–Kier alpha value is -0.0500. The van der Waals surface area contributed by atoms with Crippen LogP contribution in [0.3, 0.4) is 0 Å². The molecule has 1 unspecified atom stereocenters. The van der Waals surface area contributed by atoms with Gasteiger partial charge >= 0.3 is 0 Å². The van der Waals surface area contributed by atoms with E-state index in [-0.39, 0.29) is 0 Å². The Morgan fingerprint density at radius 2 is 2.20 bits per heavy atom. The molecule has 2 rings (SSSR count). The third-order valence-electron chi connectivity index (χ3n) is 3.33. The second kappa shape index (κ2) is 5.33. The molecule has 3 heteroatoms. The van der Waals surface area contributed by atoms with Crippen molar-refractivity contribution in [1.29, 1.82) is 0 Å². The Labute approximate surface area is 97.7 Å². The first kappa shape index (κ1) is 11.4. The van der Waals surface area contributed by atoms with E-state index < -0.39 is 0 Å². The molecule has 1 N–H and O–H groups in total. The molecule has 0 radical (unpaired) electrons. The second-order valence-electron chi connectivity index (χ2n) is 4.89. The van der Waals surface area contributed by atoms with Crippen LogP contribution in [0.2, 0.25) is 0 Å². The largest absolute Gasteiger partial charge is 0.316 e. The Bertz CT molecular complexity index is 220. The van der Waals surface area contributed by atoms with E-state index in [2.05, 4.69) is 16.8 Å². The summed E-state index contributed by atoms with van der Waals surface area (Å²) in [6.45, 7) is 8.26. The maximum atomic E-state index is 5.91. The van der Waals surface area contributed by atoms with Crippen molar-refractivity contribution in [3.05, 3.63) is 11.6 Å². The molecule has 2 fully saturated rings. The highest BCUT2D eigenvalue weighted by molar-refractivity contribution is 6.29. The van der Waals surface area contributed by atoms with Crippen molar-refractivity contribution in [1.82, 2.24) is 10.2 Å². The van der Waals surface area contributed by atoms with Gasteiger partial charge in [-0.15, -0.1) is 0 Å². The molecule has 15 heavy (non-hydrogen) atoms. The van der Waals surface area contributed by atoms with Gasteiger partial charge in [-0.05, 0) is 44.7 Å². The predicted molar refractivity (Wildman–Crippen MR) is 65.2 cm³/mol. The molecule has 0 aromatic rings. The highest BCUT2D eigenvalue weighted by Crippen LogP contribution is 2.29. The van der Waals surface area contributed by atoms with Crippen LogP contribution in [-0.2, 0) is 0 Å². The number of nitrogens with one attached hydrogen (secondary N) is 1. The third kappa shape index (κ3) is 3.78. The van der Waals surface area contributed by atoms with Gasteiger partial charge < -0.3 is 5.32 Å². The van der Waals surface area contributed by atoms with Crippen LogP contribution in [0, 0.1) is 5.92 Å². The summed E-state index contributed by atoms with van der Waals surface area (Å²) in [5.74, 6) is 0.815. The number of rotatable bonds is 5. The van der Waals surface area contributed by atoms with Crippen LogP contribution in [0.1, 0.15) is 25.7 Å². The second-order valence-corrected chi connectivity index (χ2v) is 5.42. The van der Waals surface area contributed by atoms with Gasteiger partial charge in [0.25, 0.3) is 0 Å². The zero-order valence-electron chi connectivity index (χ0n) is 9.34. The van der Waals surface area contributed by atoms with Gasteiger partial charge in [-0.3, -0.25) is 4.90 Å². The summed E-state index contributed by atoms with van der Waals surface area (Å²) in [5.41, 5.74) is 0. The lowest BCUT2D eigenvalue weighted by Gasteiger charge is -2.30. The topological polar surface area (TPSA) is 15.3 Å².